The molecule has 1 aromatic carbocycles. The van der Waals surface area contributed by atoms with Crippen molar-refractivity contribution in [2.24, 2.45) is 0 Å². The zero-order valence-corrected chi connectivity index (χ0v) is 9.77. The average Bonchev–Trinajstić information content (AvgIpc) is 2.31. The molecule has 0 fully saturated rings. The summed E-state index contributed by atoms with van der Waals surface area (Å²) < 4.78 is 17.2. The first kappa shape index (κ1) is 13.2. The van der Waals surface area contributed by atoms with Gasteiger partial charge in [0.05, 0.1) is 6.61 Å². The topological polar surface area (TPSA) is 46.6 Å². The molecule has 0 radical (unpaired) electrons. The Morgan fingerprint density at radius 1 is 1.29 bits per heavy atom. The van der Waals surface area contributed by atoms with Crippen molar-refractivity contribution in [2.75, 3.05) is 13.7 Å². The van der Waals surface area contributed by atoms with Gasteiger partial charge in [0.15, 0.2) is 0 Å². The Balaban J connectivity index is 2.59. The van der Waals surface area contributed by atoms with Crippen LogP contribution >= 0.6 is 0 Å². The van der Waals surface area contributed by atoms with E-state index in [0.29, 0.717) is 0 Å². The predicted molar refractivity (Wildman–Crippen MR) is 59.5 cm³/mol. The molecule has 92 valence electrons. The second-order valence-corrected chi connectivity index (χ2v) is 3.51. The first-order valence-corrected chi connectivity index (χ1v) is 5.21. The lowest BCUT2D eigenvalue weighted by atomic mass is 10.2. The maximum absolute atomic E-state index is 12.7. The highest BCUT2D eigenvalue weighted by Gasteiger charge is 2.19. The monoisotopic (exact) mass is 239 g/mol. The van der Waals surface area contributed by atoms with Crippen LogP contribution in [0.15, 0.2) is 24.3 Å². The van der Waals surface area contributed by atoms with Crippen molar-refractivity contribution in [3.05, 3.63) is 35.6 Å². The van der Waals surface area contributed by atoms with Crippen LogP contribution in [0.5, 0.6) is 0 Å². The van der Waals surface area contributed by atoms with Crippen LogP contribution in [0, 0.1) is 5.82 Å². The number of hydrogen-bond acceptors (Lipinski definition) is 3. The van der Waals surface area contributed by atoms with Crippen molar-refractivity contribution < 1.29 is 18.7 Å². The Bertz CT molecular complexity index is 403. The first-order valence-electron chi connectivity index (χ1n) is 5.21. The van der Waals surface area contributed by atoms with Crippen molar-refractivity contribution >= 4 is 11.9 Å². The molecule has 0 unspecified atom stereocenters. The van der Waals surface area contributed by atoms with Crippen LogP contribution in [0.3, 0.4) is 0 Å². The molecule has 0 bridgehead atoms. The van der Waals surface area contributed by atoms with E-state index in [1.54, 1.807) is 19.1 Å². The molecule has 5 heteroatoms. The summed E-state index contributed by atoms with van der Waals surface area (Å²) in [5.74, 6) is -1.93. The predicted octanol–water partition coefficient (Wildman–Crippen LogP) is 1.35. The molecular weight excluding hydrogens is 225 g/mol. The van der Waals surface area contributed by atoms with Crippen LogP contribution in [-0.2, 0) is 20.9 Å². The Hall–Kier alpha value is -1.91. The summed E-state index contributed by atoms with van der Waals surface area (Å²) >= 11 is 0. The van der Waals surface area contributed by atoms with Gasteiger partial charge in [0.1, 0.15) is 5.82 Å². The zero-order chi connectivity index (χ0) is 12.8. The maximum atomic E-state index is 12.7. The molecule has 1 aromatic rings. The first-order chi connectivity index (χ1) is 8.04. The Morgan fingerprint density at radius 3 is 2.41 bits per heavy atom. The van der Waals surface area contributed by atoms with Crippen LogP contribution in [0.4, 0.5) is 4.39 Å². The van der Waals surface area contributed by atoms with Crippen molar-refractivity contribution in [1.82, 2.24) is 4.90 Å². The van der Waals surface area contributed by atoms with Crippen LogP contribution < -0.4 is 0 Å². The number of nitrogens with zero attached hydrogens (tertiary/aromatic N) is 1. The van der Waals surface area contributed by atoms with Crippen LogP contribution in [0.25, 0.3) is 0 Å². The van der Waals surface area contributed by atoms with Crippen molar-refractivity contribution in [3.8, 4) is 0 Å². The molecule has 1 rings (SSSR count). The molecule has 1 amide bonds. The van der Waals surface area contributed by atoms with E-state index in [4.69, 9.17) is 0 Å². The van der Waals surface area contributed by atoms with Crippen LogP contribution in [-0.4, -0.2) is 30.4 Å². The number of benzene rings is 1. The molecule has 0 N–H and O–H groups in total. The summed E-state index contributed by atoms with van der Waals surface area (Å²) in [5, 5.41) is 0. The average molecular weight is 239 g/mol. The molecule has 0 saturated carbocycles. The lowest BCUT2D eigenvalue weighted by molar-refractivity contribution is -0.159. The van der Waals surface area contributed by atoms with Gasteiger partial charge in [-0.2, -0.15) is 0 Å². The molecule has 0 spiro atoms. The normalized spacial score (nSPS) is 9.82. The summed E-state index contributed by atoms with van der Waals surface area (Å²) in [6.07, 6.45) is 0. The van der Waals surface area contributed by atoms with Crippen molar-refractivity contribution in [3.63, 3.8) is 0 Å². The molecule has 4 nitrogen and oxygen atoms in total. The van der Waals surface area contributed by atoms with Gasteiger partial charge in [-0.15, -0.1) is 0 Å². The van der Waals surface area contributed by atoms with E-state index in [0.717, 1.165) is 5.56 Å². The highest BCUT2D eigenvalue weighted by atomic mass is 19.1. The number of esters is 1. The van der Waals surface area contributed by atoms with Crippen molar-refractivity contribution in [2.45, 2.75) is 13.5 Å². The summed E-state index contributed by atoms with van der Waals surface area (Å²) in [7, 11) is 1.49. The molecule has 0 aliphatic rings. The molecule has 0 aliphatic heterocycles. The zero-order valence-electron chi connectivity index (χ0n) is 9.77. The fourth-order valence-corrected chi connectivity index (χ4v) is 1.28. The quantitative estimate of drug-likeness (QED) is 0.591. The van der Waals surface area contributed by atoms with E-state index in [2.05, 4.69) is 4.74 Å². The van der Waals surface area contributed by atoms with Crippen LogP contribution in [0.1, 0.15) is 12.5 Å². The summed E-state index contributed by atoms with van der Waals surface area (Å²) in [5.41, 5.74) is 0.742. The van der Waals surface area contributed by atoms with Gasteiger partial charge < -0.3 is 9.64 Å². The van der Waals surface area contributed by atoms with Gasteiger partial charge in [-0.25, -0.2) is 9.18 Å². The van der Waals surface area contributed by atoms with E-state index < -0.39 is 11.9 Å². The van der Waals surface area contributed by atoms with Gasteiger partial charge in [0.2, 0.25) is 0 Å². The smallest absolute Gasteiger partial charge is 0.397 e. The third-order valence-electron chi connectivity index (χ3n) is 2.13. The number of hydrogen-bond donors (Lipinski definition) is 0. The van der Waals surface area contributed by atoms with Gasteiger partial charge in [0, 0.05) is 13.6 Å². The van der Waals surface area contributed by atoms with E-state index in [-0.39, 0.29) is 19.0 Å². The molecule has 0 aromatic heterocycles. The molecular formula is C12H14FNO3. The van der Waals surface area contributed by atoms with Gasteiger partial charge in [-0.3, -0.25) is 4.79 Å². The highest BCUT2D eigenvalue weighted by Crippen LogP contribution is 2.05. The van der Waals surface area contributed by atoms with Gasteiger partial charge in [0.25, 0.3) is 0 Å². The minimum absolute atomic E-state index is 0.162. The summed E-state index contributed by atoms with van der Waals surface area (Å²) in [6.45, 7) is 2.03. The molecule has 0 heterocycles. The number of rotatable bonds is 3. The Labute approximate surface area is 99.0 Å². The number of halogens is 1. The lowest BCUT2D eigenvalue weighted by Crippen LogP contribution is -2.34. The fraction of sp³-hybridized carbons (Fsp3) is 0.333. The maximum Gasteiger partial charge on any atom is 0.397 e. The number of carbonyl (C=O) groups is 2. The third kappa shape index (κ3) is 3.86. The van der Waals surface area contributed by atoms with E-state index >= 15 is 0 Å². The van der Waals surface area contributed by atoms with Gasteiger partial charge >= 0.3 is 11.9 Å². The SMILES string of the molecule is CCOC(=O)C(=O)N(C)Cc1ccc(F)cc1. The standard InChI is InChI=1S/C12H14FNO3/c1-3-17-12(16)11(15)14(2)8-9-4-6-10(13)7-5-9/h4-7H,3,8H2,1-2H3. The lowest BCUT2D eigenvalue weighted by Gasteiger charge is -2.15. The molecule has 0 aliphatic carbocycles. The fourth-order valence-electron chi connectivity index (χ4n) is 1.28. The third-order valence-corrected chi connectivity index (χ3v) is 2.13. The Kier molecular flexibility index (Phi) is 4.63. The number of likely N-dealkylation sites (N-methyl/N-ethyl adjacent to an activating group) is 1. The second-order valence-electron chi connectivity index (χ2n) is 3.51. The Morgan fingerprint density at radius 2 is 1.88 bits per heavy atom. The minimum atomic E-state index is -0.878. The van der Waals surface area contributed by atoms with Crippen molar-refractivity contribution in [1.29, 1.82) is 0 Å². The number of ether oxygens (including phenoxy) is 1. The van der Waals surface area contributed by atoms with Crippen LogP contribution in [0.2, 0.25) is 0 Å². The van der Waals surface area contributed by atoms with Gasteiger partial charge in [-0.05, 0) is 24.6 Å². The number of amides is 1. The summed E-state index contributed by atoms with van der Waals surface area (Å²) in [6, 6.07) is 5.73. The second kappa shape index (κ2) is 5.98. The van der Waals surface area contributed by atoms with E-state index in [9.17, 15) is 14.0 Å². The highest BCUT2D eigenvalue weighted by molar-refractivity contribution is 6.32. The van der Waals surface area contributed by atoms with Gasteiger partial charge in [-0.1, -0.05) is 12.1 Å². The minimum Gasteiger partial charge on any atom is -0.459 e. The molecule has 0 saturated heterocycles. The van der Waals surface area contributed by atoms with E-state index in [1.807, 2.05) is 0 Å². The van der Waals surface area contributed by atoms with E-state index in [1.165, 1.54) is 24.1 Å². The largest absolute Gasteiger partial charge is 0.459 e. The number of carbonyl (C=O) groups excluding carboxylic acids is 2. The summed E-state index contributed by atoms with van der Waals surface area (Å²) in [4.78, 5) is 23.9. The molecule has 17 heavy (non-hydrogen) atoms. The molecule has 0 atom stereocenters.